The average molecular weight is 246 g/mol. The number of nitrogens with zero attached hydrogens (tertiary/aromatic N) is 1. The molecule has 18 heavy (non-hydrogen) atoms. The molecule has 1 aliphatic heterocycles. The maximum absolute atomic E-state index is 11.2. The van der Waals surface area contributed by atoms with Gasteiger partial charge in [0.1, 0.15) is 0 Å². The van der Waals surface area contributed by atoms with Crippen LogP contribution in [-0.2, 0) is 6.54 Å². The highest BCUT2D eigenvalue weighted by Crippen LogP contribution is 2.47. The van der Waals surface area contributed by atoms with Crippen molar-refractivity contribution in [3.63, 3.8) is 0 Å². The van der Waals surface area contributed by atoms with E-state index in [1.54, 1.807) is 4.90 Å². The summed E-state index contributed by atoms with van der Waals surface area (Å²) in [7, 11) is 0. The van der Waals surface area contributed by atoms with Gasteiger partial charge in [-0.15, -0.1) is 0 Å². The van der Waals surface area contributed by atoms with E-state index in [0.29, 0.717) is 12.0 Å². The molecule has 4 heteroatoms. The van der Waals surface area contributed by atoms with E-state index in [4.69, 9.17) is 0 Å². The van der Waals surface area contributed by atoms with Crippen LogP contribution in [0.15, 0.2) is 30.3 Å². The molecule has 0 aromatic heterocycles. The molecule has 2 aliphatic rings. The van der Waals surface area contributed by atoms with Gasteiger partial charge in [-0.3, -0.25) is 0 Å². The normalized spacial score (nSPS) is 29.1. The minimum atomic E-state index is -0.758. The summed E-state index contributed by atoms with van der Waals surface area (Å²) >= 11 is 0. The Labute approximate surface area is 107 Å². The Bertz CT molecular complexity index is 435. The van der Waals surface area contributed by atoms with Gasteiger partial charge in [-0.25, -0.2) is 4.79 Å². The molecule has 0 radical (unpaired) electrons. The molecule has 4 nitrogen and oxygen atoms in total. The first kappa shape index (κ1) is 11.5. The van der Waals surface area contributed by atoms with E-state index in [1.807, 2.05) is 18.2 Å². The number of rotatable bonds is 4. The van der Waals surface area contributed by atoms with E-state index in [0.717, 1.165) is 25.9 Å². The first-order chi connectivity index (χ1) is 8.75. The summed E-state index contributed by atoms with van der Waals surface area (Å²) in [6.07, 6.45) is 1.34. The van der Waals surface area contributed by atoms with Crippen LogP contribution in [0.1, 0.15) is 18.4 Å². The molecule has 1 saturated heterocycles. The molecule has 3 atom stereocenters. The number of hydrogen-bond acceptors (Lipinski definition) is 2. The zero-order valence-corrected chi connectivity index (χ0v) is 10.2. The van der Waals surface area contributed by atoms with Crippen LogP contribution in [0, 0.1) is 5.92 Å². The number of carbonyl (C=O) groups is 1. The third-order valence-electron chi connectivity index (χ3n) is 3.98. The van der Waals surface area contributed by atoms with Crippen molar-refractivity contribution in [1.29, 1.82) is 0 Å². The van der Waals surface area contributed by atoms with Gasteiger partial charge in [-0.1, -0.05) is 30.3 Å². The van der Waals surface area contributed by atoms with Crippen molar-refractivity contribution in [2.75, 3.05) is 6.54 Å². The van der Waals surface area contributed by atoms with Crippen LogP contribution in [0.5, 0.6) is 0 Å². The highest BCUT2D eigenvalue weighted by Gasteiger charge is 2.53. The number of likely N-dealkylation sites (tertiary alicyclic amines) is 1. The van der Waals surface area contributed by atoms with E-state index in [2.05, 4.69) is 17.4 Å². The molecule has 2 fully saturated rings. The van der Waals surface area contributed by atoms with Crippen LogP contribution >= 0.6 is 0 Å². The lowest BCUT2D eigenvalue weighted by atomic mass is 10.1. The van der Waals surface area contributed by atoms with Crippen molar-refractivity contribution in [1.82, 2.24) is 10.2 Å². The molecule has 1 aromatic carbocycles. The van der Waals surface area contributed by atoms with Crippen molar-refractivity contribution in [3.05, 3.63) is 35.9 Å². The summed E-state index contributed by atoms with van der Waals surface area (Å²) in [5.41, 5.74) is 1.24. The van der Waals surface area contributed by atoms with Gasteiger partial charge in [-0.2, -0.15) is 0 Å². The number of carboxylic acid groups (broad SMARTS) is 1. The molecule has 3 rings (SSSR count). The maximum Gasteiger partial charge on any atom is 0.407 e. The molecule has 1 saturated carbocycles. The van der Waals surface area contributed by atoms with Gasteiger partial charge in [0.05, 0.1) is 0 Å². The monoisotopic (exact) mass is 246 g/mol. The minimum Gasteiger partial charge on any atom is -0.465 e. The summed E-state index contributed by atoms with van der Waals surface area (Å²) < 4.78 is 0. The number of amides is 1. The van der Waals surface area contributed by atoms with Gasteiger partial charge in [0.15, 0.2) is 0 Å². The van der Waals surface area contributed by atoms with Gasteiger partial charge < -0.3 is 15.3 Å². The summed E-state index contributed by atoms with van der Waals surface area (Å²) in [5.74, 6) is 0.629. The third-order valence-corrected chi connectivity index (χ3v) is 3.98. The van der Waals surface area contributed by atoms with Crippen LogP contribution in [0.3, 0.4) is 0 Å². The maximum atomic E-state index is 11.2. The lowest BCUT2D eigenvalue weighted by molar-refractivity contribution is 0.130. The van der Waals surface area contributed by atoms with Gasteiger partial charge >= 0.3 is 6.09 Å². The zero-order chi connectivity index (χ0) is 12.5. The molecule has 96 valence electrons. The molecule has 1 aliphatic carbocycles. The lowest BCUT2D eigenvalue weighted by Gasteiger charge is -2.24. The molecule has 1 heterocycles. The number of benzene rings is 1. The van der Waals surface area contributed by atoms with Crippen molar-refractivity contribution in [3.8, 4) is 0 Å². The Morgan fingerprint density at radius 3 is 2.83 bits per heavy atom. The smallest absolute Gasteiger partial charge is 0.407 e. The fourth-order valence-electron chi connectivity index (χ4n) is 3.02. The molecule has 1 amide bonds. The molecular formula is C14H18N2O2. The Balaban J connectivity index is 1.50. The standard InChI is InChI=1S/C14H18N2O2/c17-14(18)16-12(6-11-7-13(11)16)9-15-8-10-4-2-1-3-5-10/h1-5,11-13,15H,6-9H2,(H,17,18)/t11-,12+,13+/m1/s1. The van der Waals surface area contributed by atoms with Gasteiger partial charge in [0.2, 0.25) is 0 Å². The van der Waals surface area contributed by atoms with Gasteiger partial charge in [0, 0.05) is 25.2 Å². The van der Waals surface area contributed by atoms with Crippen molar-refractivity contribution < 1.29 is 9.90 Å². The Morgan fingerprint density at radius 1 is 1.33 bits per heavy atom. The van der Waals surface area contributed by atoms with Crippen LogP contribution in [-0.4, -0.2) is 34.7 Å². The number of piperidine rings is 1. The summed E-state index contributed by atoms with van der Waals surface area (Å²) in [4.78, 5) is 12.8. The van der Waals surface area contributed by atoms with Gasteiger partial charge in [0.25, 0.3) is 0 Å². The van der Waals surface area contributed by atoms with E-state index in [-0.39, 0.29) is 6.04 Å². The molecule has 0 bridgehead atoms. The summed E-state index contributed by atoms with van der Waals surface area (Å²) in [6, 6.07) is 10.7. The quantitative estimate of drug-likeness (QED) is 0.853. The number of fused-ring (bicyclic) bond motifs is 1. The molecule has 2 N–H and O–H groups in total. The van der Waals surface area contributed by atoms with Crippen molar-refractivity contribution in [2.45, 2.75) is 31.5 Å². The first-order valence-corrected chi connectivity index (χ1v) is 6.51. The first-order valence-electron chi connectivity index (χ1n) is 6.51. The molecule has 1 aromatic rings. The minimum absolute atomic E-state index is 0.162. The fraction of sp³-hybridized carbons (Fsp3) is 0.500. The third kappa shape index (κ3) is 2.20. The van der Waals surface area contributed by atoms with Gasteiger partial charge in [-0.05, 0) is 24.3 Å². The van der Waals surface area contributed by atoms with Crippen molar-refractivity contribution >= 4 is 6.09 Å². The van der Waals surface area contributed by atoms with E-state index in [9.17, 15) is 9.90 Å². The second kappa shape index (κ2) is 4.61. The molecule has 0 unspecified atom stereocenters. The topological polar surface area (TPSA) is 52.6 Å². The van der Waals surface area contributed by atoms with E-state index in [1.165, 1.54) is 5.56 Å². The van der Waals surface area contributed by atoms with E-state index < -0.39 is 6.09 Å². The highest BCUT2D eigenvalue weighted by molar-refractivity contribution is 5.67. The van der Waals surface area contributed by atoms with E-state index >= 15 is 0 Å². The fourth-order valence-corrected chi connectivity index (χ4v) is 3.02. The molecule has 0 spiro atoms. The van der Waals surface area contributed by atoms with Crippen LogP contribution in [0.25, 0.3) is 0 Å². The second-order valence-corrected chi connectivity index (χ2v) is 5.26. The largest absolute Gasteiger partial charge is 0.465 e. The summed E-state index contributed by atoms with van der Waals surface area (Å²) in [6.45, 7) is 1.56. The number of hydrogen-bond donors (Lipinski definition) is 2. The summed E-state index contributed by atoms with van der Waals surface area (Å²) in [5, 5.41) is 12.6. The van der Waals surface area contributed by atoms with Crippen LogP contribution < -0.4 is 5.32 Å². The molecular weight excluding hydrogens is 228 g/mol. The Kier molecular flexibility index (Phi) is 2.96. The van der Waals surface area contributed by atoms with Crippen molar-refractivity contribution in [2.24, 2.45) is 5.92 Å². The second-order valence-electron chi connectivity index (χ2n) is 5.26. The predicted octanol–water partition coefficient (Wildman–Crippen LogP) is 1.92. The lowest BCUT2D eigenvalue weighted by Crippen LogP contribution is -2.43. The zero-order valence-electron chi connectivity index (χ0n) is 10.2. The number of nitrogens with one attached hydrogen (secondary N) is 1. The van der Waals surface area contributed by atoms with Crippen LogP contribution in [0.2, 0.25) is 0 Å². The van der Waals surface area contributed by atoms with Crippen LogP contribution in [0.4, 0.5) is 4.79 Å². The average Bonchev–Trinajstić information content (AvgIpc) is 3.01. The highest BCUT2D eigenvalue weighted by atomic mass is 16.4. The Hall–Kier alpha value is -1.55. The predicted molar refractivity (Wildman–Crippen MR) is 68.3 cm³/mol. The SMILES string of the molecule is O=C(O)N1[C@H](CNCc2ccccc2)C[C@@H]2C[C@@H]21. The Morgan fingerprint density at radius 2 is 2.11 bits per heavy atom.